The second-order valence-electron chi connectivity index (χ2n) is 7.04. The zero-order chi connectivity index (χ0) is 22.1. The molecule has 0 aliphatic rings. The van der Waals surface area contributed by atoms with Crippen molar-refractivity contribution in [3.05, 3.63) is 85.1 Å². The van der Waals surface area contributed by atoms with Gasteiger partial charge in [0, 0.05) is 22.6 Å². The first-order valence-electron chi connectivity index (χ1n) is 9.35. The van der Waals surface area contributed by atoms with Crippen LogP contribution in [0.4, 0.5) is 17.1 Å². The third-order valence-electron chi connectivity index (χ3n) is 4.73. The highest BCUT2D eigenvalue weighted by atomic mass is 32.1. The van der Waals surface area contributed by atoms with Crippen LogP contribution in [0.5, 0.6) is 0 Å². The molecule has 0 amide bonds. The fraction of sp³-hybridized carbons (Fsp3) is 0.143. The van der Waals surface area contributed by atoms with Crippen molar-refractivity contribution in [2.24, 2.45) is 10.2 Å². The number of benzene rings is 2. The predicted octanol–water partition coefficient (Wildman–Crippen LogP) is 5.54. The average Bonchev–Trinajstić information content (AvgIpc) is 3.33. The summed E-state index contributed by atoms with van der Waals surface area (Å²) in [6.45, 7) is 5.37. The van der Waals surface area contributed by atoms with E-state index >= 15 is 0 Å². The van der Waals surface area contributed by atoms with Crippen LogP contribution in [0, 0.1) is 30.9 Å². The summed E-state index contributed by atoms with van der Waals surface area (Å²) in [4.78, 5) is 28.1. The maximum atomic E-state index is 12.9. The van der Waals surface area contributed by atoms with Gasteiger partial charge in [0.2, 0.25) is 5.13 Å². The van der Waals surface area contributed by atoms with E-state index in [2.05, 4.69) is 20.3 Å². The van der Waals surface area contributed by atoms with Gasteiger partial charge in [-0.25, -0.2) is 4.98 Å². The summed E-state index contributed by atoms with van der Waals surface area (Å²) in [7, 11) is 0. The Morgan fingerprint density at radius 1 is 1.10 bits per heavy atom. The second kappa shape index (κ2) is 8.07. The van der Waals surface area contributed by atoms with E-state index in [1.54, 1.807) is 26.0 Å². The molecule has 0 radical (unpaired) electrons. The van der Waals surface area contributed by atoms with Crippen molar-refractivity contribution in [3.8, 4) is 16.4 Å². The quantitative estimate of drug-likeness (QED) is 0.252. The molecule has 0 aliphatic heterocycles. The molecule has 31 heavy (non-hydrogen) atoms. The lowest BCUT2D eigenvalue weighted by Crippen LogP contribution is -2.13. The van der Waals surface area contributed by atoms with Crippen LogP contribution >= 0.6 is 11.3 Å². The number of nitrogens with zero attached hydrogens (tertiary/aromatic N) is 5. The van der Waals surface area contributed by atoms with Gasteiger partial charge in [-0.3, -0.25) is 20.0 Å². The van der Waals surface area contributed by atoms with Gasteiger partial charge in [-0.15, -0.1) is 16.5 Å². The molecule has 156 valence electrons. The summed E-state index contributed by atoms with van der Waals surface area (Å²) in [5, 5.41) is 24.5. The Bertz CT molecular complexity index is 1360. The normalized spacial score (nSPS) is 11.3. The van der Waals surface area contributed by atoms with Crippen molar-refractivity contribution in [3.63, 3.8) is 0 Å². The molecule has 0 bridgehead atoms. The molecule has 2 heterocycles. The molecule has 2 aromatic heterocycles. The molecule has 4 rings (SSSR count). The molecule has 4 aromatic rings. The summed E-state index contributed by atoms with van der Waals surface area (Å²) in [6.07, 6.45) is 0. The first-order chi connectivity index (χ1) is 14.8. The molecule has 0 atom stereocenters. The van der Waals surface area contributed by atoms with Crippen LogP contribution in [0.3, 0.4) is 0 Å². The van der Waals surface area contributed by atoms with Crippen LogP contribution in [-0.4, -0.2) is 19.7 Å². The molecular weight excluding hydrogens is 416 g/mol. The molecule has 1 N–H and O–H groups in total. The topological polar surface area (TPSA) is 119 Å². The van der Waals surface area contributed by atoms with E-state index in [-0.39, 0.29) is 11.4 Å². The molecule has 2 aromatic carbocycles. The smallest absolute Gasteiger partial charge is 0.291 e. The number of H-pyrrole nitrogens is 1. The Hall–Kier alpha value is -3.92. The minimum absolute atomic E-state index is 0.0499. The zero-order valence-electron chi connectivity index (χ0n) is 17.0. The average molecular weight is 434 g/mol. The Labute approximate surface area is 180 Å². The fourth-order valence-corrected chi connectivity index (χ4v) is 3.77. The fourth-order valence-electron chi connectivity index (χ4n) is 2.98. The second-order valence-corrected chi connectivity index (χ2v) is 7.87. The molecule has 0 fully saturated rings. The standard InChI is InChI=1S/C21H18N6O3S/c1-12-4-7-15(8-5-12)17-11-31-21(22-17)26-20(28)19(14(3)25-26)24-23-16-9-6-13(2)18(10-16)27(29)30/h4-11,25H,1-3H3. The van der Waals surface area contributed by atoms with Gasteiger partial charge in [0.15, 0.2) is 5.69 Å². The Morgan fingerprint density at radius 2 is 1.84 bits per heavy atom. The largest absolute Gasteiger partial charge is 0.301 e. The molecular formula is C21H18N6O3S. The molecule has 10 heteroatoms. The van der Waals surface area contributed by atoms with Crippen molar-refractivity contribution in [2.45, 2.75) is 20.8 Å². The number of nitro benzene ring substituents is 1. The van der Waals surface area contributed by atoms with E-state index in [1.165, 1.54) is 22.1 Å². The van der Waals surface area contributed by atoms with Gasteiger partial charge in [0.1, 0.15) is 0 Å². The van der Waals surface area contributed by atoms with Crippen LogP contribution in [-0.2, 0) is 0 Å². The number of rotatable bonds is 5. The third kappa shape index (κ3) is 4.05. The number of aromatic nitrogens is 3. The van der Waals surface area contributed by atoms with Crippen molar-refractivity contribution < 1.29 is 4.92 Å². The maximum absolute atomic E-state index is 12.9. The Kier molecular flexibility index (Phi) is 5.30. The Balaban J connectivity index is 1.65. The molecule has 9 nitrogen and oxygen atoms in total. The Morgan fingerprint density at radius 3 is 2.55 bits per heavy atom. The first-order valence-corrected chi connectivity index (χ1v) is 10.2. The van der Waals surface area contributed by atoms with E-state index in [0.717, 1.165) is 16.8 Å². The number of hydrogen-bond donors (Lipinski definition) is 1. The van der Waals surface area contributed by atoms with Crippen molar-refractivity contribution in [1.82, 2.24) is 14.8 Å². The minimum Gasteiger partial charge on any atom is -0.291 e. The summed E-state index contributed by atoms with van der Waals surface area (Å²) in [5.74, 6) is 0. The summed E-state index contributed by atoms with van der Waals surface area (Å²) < 4.78 is 1.32. The minimum atomic E-state index is -0.475. The zero-order valence-corrected chi connectivity index (χ0v) is 17.8. The van der Waals surface area contributed by atoms with Crippen LogP contribution in [0.25, 0.3) is 16.4 Å². The number of hydrogen-bond acceptors (Lipinski definition) is 7. The van der Waals surface area contributed by atoms with Gasteiger partial charge in [-0.2, -0.15) is 9.80 Å². The molecule has 0 spiro atoms. The SMILES string of the molecule is Cc1ccc(-c2csc(-n3[nH]c(C)c(N=Nc4ccc(C)c([N+](=O)[O-])c4)c3=O)n2)cc1. The lowest BCUT2D eigenvalue weighted by molar-refractivity contribution is -0.385. The highest BCUT2D eigenvalue weighted by Gasteiger charge is 2.16. The molecule has 0 saturated heterocycles. The molecule has 0 aliphatic carbocycles. The van der Waals surface area contributed by atoms with Gasteiger partial charge in [-0.05, 0) is 26.8 Å². The van der Waals surface area contributed by atoms with Gasteiger partial charge in [-0.1, -0.05) is 35.9 Å². The van der Waals surface area contributed by atoms with Crippen molar-refractivity contribution >= 4 is 28.4 Å². The highest BCUT2D eigenvalue weighted by molar-refractivity contribution is 7.12. The monoisotopic (exact) mass is 434 g/mol. The van der Waals surface area contributed by atoms with Crippen molar-refractivity contribution in [1.29, 1.82) is 0 Å². The number of nitro groups is 1. The third-order valence-corrected chi connectivity index (χ3v) is 5.55. The lowest BCUT2D eigenvalue weighted by atomic mass is 10.1. The summed E-state index contributed by atoms with van der Waals surface area (Å²) in [5.41, 5.74) is 3.90. The lowest BCUT2D eigenvalue weighted by Gasteiger charge is -1.97. The summed E-state index contributed by atoms with van der Waals surface area (Å²) >= 11 is 1.33. The highest BCUT2D eigenvalue weighted by Crippen LogP contribution is 2.27. The van der Waals surface area contributed by atoms with Crippen LogP contribution in [0.15, 0.2) is 62.9 Å². The van der Waals surface area contributed by atoms with E-state index in [4.69, 9.17) is 0 Å². The van der Waals surface area contributed by atoms with E-state index < -0.39 is 10.5 Å². The van der Waals surface area contributed by atoms with E-state index in [1.807, 2.05) is 36.6 Å². The van der Waals surface area contributed by atoms with E-state index in [0.29, 0.717) is 22.1 Å². The number of aryl methyl sites for hydroxylation is 3. The number of nitrogens with one attached hydrogen (secondary N) is 1. The van der Waals surface area contributed by atoms with Crippen LogP contribution in [0.2, 0.25) is 0 Å². The van der Waals surface area contributed by atoms with Gasteiger partial charge in [0.25, 0.3) is 5.69 Å². The van der Waals surface area contributed by atoms with E-state index in [9.17, 15) is 14.9 Å². The van der Waals surface area contributed by atoms with Crippen LogP contribution < -0.4 is 5.56 Å². The molecule has 0 unspecified atom stereocenters. The van der Waals surface area contributed by atoms with Crippen molar-refractivity contribution in [2.75, 3.05) is 0 Å². The predicted molar refractivity (Wildman–Crippen MR) is 119 cm³/mol. The maximum Gasteiger partial charge on any atom is 0.301 e. The van der Waals surface area contributed by atoms with Gasteiger partial charge >= 0.3 is 5.56 Å². The summed E-state index contributed by atoms with van der Waals surface area (Å²) in [6, 6.07) is 12.5. The van der Waals surface area contributed by atoms with Gasteiger partial charge < -0.3 is 0 Å². The molecule has 0 saturated carbocycles. The number of thiazole rings is 1. The van der Waals surface area contributed by atoms with Crippen LogP contribution in [0.1, 0.15) is 16.8 Å². The number of aromatic amines is 1. The first kappa shape index (κ1) is 20.4. The number of azo groups is 1. The van der Waals surface area contributed by atoms with Gasteiger partial charge in [0.05, 0.1) is 22.0 Å².